The monoisotopic (exact) mass is 613 g/mol. The van der Waals surface area contributed by atoms with Crippen molar-refractivity contribution in [2.45, 2.75) is 75.7 Å². The molecule has 0 radical (unpaired) electrons. The number of carbonyl (C=O) groups is 2. The number of ether oxygens (including phenoxy) is 5. The Morgan fingerprint density at radius 2 is 1.58 bits per heavy atom. The number of nitrogens with one attached hydrogen (secondary N) is 2. The van der Waals surface area contributed by atoms with Crippen molar-refractivity contribution in [3.8, 4) is 0 Å². The summed E-state index contributed by atoms with van der Waals surface area (Å²) in [5.41, 5.74) is 0.644. The Kier molecular flexibility index (Phi) is 8.89. The lowest BCUT2D eigenvalue weighted by Gasteiger charge is -2.58. The maximum atomic E-state index is 13.8. The van der Waals surface area contributed by atoms with Crippen LogP contribution < -0.4 is 10.6 Å². The second-order valence-corrected chi connectivity index (χ2v) is 12.0. The smallest absolute Gasteiger partial charge is 0.338 e. The summed E-state index contributed by atoms with van der Waals surface area (Å²) in [6.07, 6.45) is -3.32. The van der Waals surface area contributed by atoms with Gasteiger partial charge in [0.05, 0.1) is 13.2 Å². The maximum absolute atomic E-state index is 13.8. The topological polar surface area (TPSA) is 117 Å². The molecule has 3 aromatic carbocycles. The largest absolute Gasteiger partial charge is 0.455 e. The van der Waals surface area contributed by atoms with Crippen molar-refractivity contribution in [2.75, 3.05) is 7.11 Å². The van der Waals surface area contributed by atoms with Crippen LogP contribution in [0.15, 0.2) is 96.0 Å². The van der Waals surface area contributed by atoms with Gasteiger partial charge < -0.3 is 34.3 Å². The number of aliphatic imine (C=N–C) groups is 1. The minimum atomic E-state index is -1.20. The van der Waals surface area contributed by atoms with Crippen LogP contribution in [-0.4, -0.2) is 60.7 Å². The van der Waals surface area contributed by atoms with Crippen LogP contribution in [-0.2, 0) is 53.0 Å². The van der Waals surface area contributed by atoms with E-state index < -0.39 is 53.6 Å². The normalized spacial score (nSPS) is 30.3. The van der Waals surface area contributed by atoms with Crippen LogP contribution in [0.1, 0.15) is 37.0 Å². The fourth-order valence-electron chi connectivity index (χ4n) is 6.88. The summed E-state index contributed by atoms with van der Waals surface area (Å²) >= 11 is 0. The van der Waals surface area contributed by atoms with Gasteiger partial charge in [-0.2, -0.15) is 0 Å². The van der Waals surface area contributed by atoms with E-state index in [2.05, 4.69) is 10.6 Å². The molecule has 1 aliphatic carbocycles. The third-order valence-corrected chi connectivity index (χ3v) is 8.86. The molecule has 3 aromatic rings. The third kappa shape index (κ3) is 6.18. The van der Waals surface area contributed by atoms with Crippen molar-refractivity contribution in [2.24, 2.45) is 10.9 Å². The van der Waals surface area contributed by atoms with E-state index >= 15 is 0 Å². The van der Waals surface area contributed by atoms with Crippen LogP contribution >= 0.6 is 0 Å². The van der Waals surface area contributed by atoms with E-state index in [0.717, 1.165) is 16.7 Å². The van der Waals surface area contributed by atoms with Crippen molar-refractivity contribution in [3.63, 3.8) is 0 Å². The molecule has 3 aliphatic rings. The first-order valence-electron chi connectivity index (χ1n) is 15.2. The first-order valence-corrected chi connectivity index (χ1v) is 15.2. The van der Waals surface area contributed by atoms with Crippen molar-refractivity contribution >= 4 is 17.9 Å². The molecule has 236 valence electrons. The Balaban J connectivity index is 1.42. The summed E-state index contributed by atoms with van der Waals surface area (Å²) in [5, 5.41) is 7.11. The molecule has 1 saturated carbocycles. The fraction of sp³-hybridized carbons (Fsp3) is 0.400. The zero-order valence-electron chi connectivity index (χ0n) is 25.7. The van der Waals surface area contributed by atoms with Gasteiger partial charge in [-0.1, -0.05) is 91.0 Å². The second-order valence-electron chi connectivity index (χ2n) is 12.0. The van der Waals surface area contributed by atoms with Crippen LogP contribution in [0, 0.1) is 5.92 Å². The van der Waals surface area contributed by atoms with Gasteiger partial charge in [0.15, 0.2) is 24.5 Å². The molecule has 45 heavy (non-hydrogen) atoms. The van der Waals surface area contributed by atoms with Crippen molar-refractivity contribution in [1.82, 2.24) is 10.6 Å². The molecule has 2 bridgehead atoms. The number of benzene rings is 3. The van der Waals surface area contributed by atoms with E-state index in [9.17, 15) is 9.59 Å². The molecule has 0 unspecified atom stereocenters. The summed E-state index contributed by atoms with van der Waals surface area (Å²) in [5.74, 6) is -1.08. The van der Waals surface area contributed by atoms with E-state index in [0.29, 0.717) is 25.5 Å². The van der Waals surface area contributed by atoms with Crippen LogP contribution in [0.4, 0.5) is 0 Å². The van der Waals surface area contributed by atoms with Crippen LogP contribution in [0.2, 0.25) is 0 Å². The summed E-state index contributed by atoms with van der Waals surface area (Å²) in [7, 11) is 1.54. The number of guanidine groups is 1. The zero-order chi connectivity index (χ0) is 31.4. The molecule has 3 fully saturated rings. The molecular weight excluding hydrogens is 574 g/mol. The SMILES string of the molecule is CO[C@@H]1O[C@@H]2C(=O)O[C@@H]3[C@H](OCc4ccccc4)[C@@]2(NC(=NCc2ccccc2)NCc2ccccc2)[C@@H]1C[C@]3(C)OC(C)=O. The molecule has 0 spiro atoms. The van der Waals surface area contributed by atoms with Crippen LogP contribution in [0.5, 0.6) is 0 Å². The van der Waals surface area contributed by atoms with E-state index in [-0.39, 0.29) is 6.61 Å². The lowest BCUT2D eigenvalue weighted by molar-refractivity contribution is -0.257. The Hall–Kier alpha value is -4.25. The van der Waals surface area contributed by atoms with Gasteiger partial charge in [-0.25, -0.2) is 9.79 Å². The van der Waals surface area contributed by atoms with Gasteiger partial charge in [-0.05, 0) is 23.6 Å². The van der Waals surface area contributed by atoms with Crippen molar-refractivity contribution in [1.29, 1.82) is 0 Å². The molecule has 7 atom stereocenters. The van der Waals surface area contributed by atoms with Gasteiger partial charge in [0, 0.05) is 32.9 Å². The Morgan fingerprint density at radius 3 is 2.20 bits per heavy atom. The molecule has 2 heterocycles. The van der Waals surface area contributed by atoms with E-state index in [1.807, 2.05) is 91.0 Å². The van der Waals surface area contributed by atoms with Gasteiger partial charge in [0.2, 0.25) is 0 Å². The Bertz CT molecular complexity index is 1510. The molecule has 2 N–H and O–H groups in total. The molecule has 10 nitrogen and oxygen atoms in total. The van der Waals surface area contributed by atoms with Gasteiger partial charge in [-0.3, -0.25) is 4.79 Å². The standard InChI is InChI=1S/C35H39N3O7/c1-23(39)45-34(2)19-27-32(41-3)44-30-31(40)43-28(34)29(42-22-26-17-11-6-12-18-26)35(27,30)38-33(36-20-24-13-7-4-8-14-24)37-21-25-15-9-5-10-16-25/h4-18,27-30,32H,19-22H2,1-3H3,(H2,36,37,38)/t27-,28-,29+,30-,32-,34+,35+/m1/s1. The van der Waals surface area contributed by atoms with Gasteiger partial charge in [0.1, 0.15) is 17.2 Å². The summed E-state index contributed by atoms with van der Waals surface area (Å²) < 4.78 is 30.8. The first-order chi connectivity index (χ1) is 21.8. The van der Waals surface area contributed by atoms with E-state index in [1.165, 1.54) is 14.0 Å². The number of esters is 2. The highest BCUT2D eigenvalue weighted by atomic mass is 16.7. The number of rotatable bonds is 10. The third-order valence-electron chi connectivity index (χ3n) is 8.86. The molecule has 6 rings (SSSR count). The first kappa shape index (κ1) is 30.8. The lowest BCUT2D eigenvalue weighted by atomic mass is 9.61. The maximum Gasteiger partial charge on any atom is 0.338 e. The molecule has 10 heteroatoms. The highest BCUT2D eigenvalue weighted by Gasteiger charge is 2.76. The van der Waals surface area contributed by atoms with Gasteiger partial charge in [0.25, 0.3) is 0 Å². The predicted molar refractivity (Wildman–Crippen MR) is 166 cm³/mol. The van der Waals surface area contributed by atoms with Crippen molar-refractivity contribution in [3.05, 3.63) is 108 Å². The number of fused-ring (bicyclic) bond motifs is 1. The van der Waals surface area contributed by atoms with Gasteiger partial charge >= 0.3 is 11.9 Å². The summed E-state index contributed by atoms with van der Waals surface area (Å²) in [6.45, 7) is 4.22. The van der Waals surface area contributed by atoms with E-state index in [1.54, 1.807) is 6.92 Å². The summed E-state index contributed by atoms with van der Waals surface area (Å²) in [4.78, 5) is 31.1. The zero-order valence-corrected chi connectivity index (χ0v) is 25.7. The number of hydrogen-bond acceptors (Lipinski definition) is 8. The quantitative estimate of drug-likeness (QED) is 0.200. The van der Waals surface area contributed by atoms with E-state index in [4.69, 9.17) is 28.7 Å². The number of methoxy groups -OCH3 is 1. The lowest BCUT2D eigenvalue weighted by Crippen LogP contribution is -2.81. The van der Waals surface area contributed by atoms with Crippen LogP contribution in [0.3, 0.4) is 0 Å². The molecule has 2 saturated heterocycles. The molecular formula is C35H39N3O7. The molecule has 2 aliphatic heterocycles. The predicted octanol–water partition coefficient (Wildman–Crippen LogP) is 3.88. The van der Waals surface area contributed by atoms with Crippen molar-refractivity contribution < 1.29 is 33.3 Å². The number of hydrogen-bond donors (Lipinski definition) is 2. The van der Waals surface area contributed by atoms with Gasteiger partial charge in [-0.15, -0.1) is 0 Å². The fourth-order valence-corrected chi connectivity index (χ4v) is 6.88. The Labute approximate surface area is 263 Å². The minimum absolute atomic E-state index is 0.226. The minimum Gasteiger partial charge on any atom is -0.455 e. The second kappa shape index (κ2) is 13.0. The van der Waals surface area contributed by atoms with Crippen LogP contribution in [0.25, 0.3) is 0 Å². The number of nitrogens with zero attached hydrogens (tertiary/aromatic N) is 1. The average molecular weight is 614 g/mol. The Morgan fingerprint density at radius 1 is 0.956 bits per heavy atom. The average Bonchev–Trinajstić information content (AvgIpc) is 3.38. The molecule has 0 aromatic heterocycles. The highest BCUT2D eigenvalue weighted by molar-refractivity contribution is 5.85. The summed E-state index contributed by atoms with van der Waals surface area (Å²) in [6, 6.07) is 29.6. The number of carbonyl (C=O) groups excluding carboxylic acids is 2. The highest BCUT2D eigenvalue weighted by Crippen LogP contribution is 2.55. The molecule has 0 amide bonds.